The van der Waals surface area contributed by atoms with Crippen LogP contribution in [0.2, 0.25) is 0 Å². The Labute approximate surface area is 119 Å². The number of rotatable bonds is 2. The van der Waals surface area contributed by atoms with Gasteiger partial charge in [0.05, 0.1) is 5.69 Å². The molecule has 0 spiro atoms. The van der Waals surface area contributed by atoms with Gasteiger partial charge in [0.1, 0.15) is 5.82 Å². The zero-order chi connectivity index (χ0) is 13.4. The average Bonchev–Trinajstić information content (AvgIpc) is 2.58. The van der Waals surface area contributed by atoms with Gasteiger partial charge >= 0.3 is 0 Å². The predicted molar refractivity (Wildman–Crippen MR) is 80.3 cm³/mol. The molecule has 0 N–H and O–H groups in total. The second kappa shape index (κ2) is 5.24. The van der Waals surface area contributed by atoms with Crippen molar-refractivity contribution >= 4 is 21.7 Å². The molecule has 2 rings (SSSR count). The maximum absolute atomic E-state index is 4.59. The third-order valence-corrected chi connectivity index (χ3v) is 4.88. The lowest BCUT2D eigenvalue weighted by Gasteiger charge is -2.42. The van der Waals surface area contributed by atoms with Gasteiger partial charge < -0.3 is 4.90 Å². The van der Waals surface area contributed by atoms with E-state index in [1.807, 2.05) is 4.68 Å². The van der Waals surface area contributed by atoms with Crippen LogP contribution in [0.3, 0.4) is 0 Å². The van der Waals surface area contributed by atoms with Gasteiger partial charge in [0.2, 0.25) is 0 Å². The number of aromatic nitrogens is 2. The first-order chi connectivity index (χ1) is 8.45. The lowest BCUT2D eigenvalue weighted by atomic mass is 9.86. The summed E-state index contributed by atoms with van der Waals surface area (Å²) in [5, 5.41) is 5.47. The smallest absolute Gasteiger partial charge is 0.131 e. The fourth-order valence-corrected chi connectivity index (χ4v) is 3.86. The first kappa shape index (κ1) is 13.9. The van der Waals surface area contributed by atoms with E-state index < -0.39 is 0 Å². The minimum absolute atomic E-state index is 0.591. The van der Waals surface area contributed by atoms with Crippen molar-refractivity contribution in [2.75, 3.05) is 11.4 Å². The molecule has 1 saturated heterocycles. The topological polar surface area (TPSA) is 21.1 Å². The number of alkyl halides is 1. The van der Waals surface area contributed by atoms with E-state index in [0.717, 1.165) is 29.4 Å². The summed E-state index contributed by atoms with van der Waals surface area (Å²) >= 11 is 3.61. The van der Waals surface area contributed by atoms with E-state index in [1.54, 1.807) is 0 Å². The van der Waals surface area contributed by atoms with Crippen molar-refractivity contribution in [2.24, 2.45) is 18.9 Å². The van der Waals surface area contributed by atoms with E-state index in [4.69, 9.17) is 0 Å². The third-order valence-electron chi connectivity index (χ3n) is 4.32. The number of hydrogen-bond donors (Lipinski definition) is 0. The van der Waals surface area contributed by atoms with E-state index in [0.29, 0.717) is 6.04 Å². The summed E-state index contributed by atoms with van der Waals surface area (Å²) in [4.78, 5) is 2.55. The number of nitrogens with zero attached hydrogens (tertiary/aromatic N) is 3. The van der Waals surface area contributed by atoms with Crippen molar-refractivity contribution in [3.05, 3.63) is 11.3 Å². The number of hydrogen-bond acceptors (Lipinski definition) is 2. The molecule has 2 heterocycles. The van der Waals surface area contributed by atoms with Gasteiger partial charge in [-0.05, 0) is 32.1 Å². The van der Waals surface area contributed by atoms with E-state index >= 15 is 0 Å². The highest BCUT2D eigenvalue weighted by Gasteiger charge is 2.32. The maximum atomic E-state index is 4.59. The molecule has 0 bridgehead atoms. The van der Waals surface area contributed by atoms with Gasteiger partial charge in [-0.1, -0.05) is 29.8 Å². The van der Waals surface area contributed by atoms with Gasteiger partial charge in [-0.3, -0.25) is 4.68 Å². The van der Waals surface area contributed by atoms with Crippen LogP contribution in [0.15, 0.2) is 0 Å². The summed E-state index contributed by atoms with van der Waals surface area (Å²) in [5.74, 6) is 2.80. The zero-order valence-corrected chi connectivity index (χ0v) is 13.7. The maximum Gasteiger partial charge on any atom is 0.131 e. The molecule has 0 aromatic carbocycles. The molecule has 1 aromatic rings. The molecule has 1 fully saturated rings. The molecule has 1 aliphatic rings. The van der Waals surface area contributed by atoms with Crippen molar-refractivity contribution in [2.45, 2.75) is 45.5 Å². The molecule has 3 atom stereocenters. The van der Waals surface area contributed by atoms with Crippen LogP contribution in [0.4, 0.5) is 5.82 Å². The lowest BCUT2D eigenvalue weighted by Crippen LogP contribution is -2.47. The van der Waals surface area contributed by atoms with Crippen LogP contribution in [-0.2, 0) is 12.4 Å². The van der Waals surface area contributed by atoms with Crippen molar-refractivity contribution in [1.82, 2.24) is 9.78 Å². The molecule has 4 heteroatoms. The van der Waals surface area contributed by atoms with Gasteiger partial charge in [0, 0.05) is 30.5 Å². The van der Waals surface area contributed by atoms with E-state index in [2.05, 4.69) is 60.7 Å². The minimum Gasteiger partial charge on any atom is -0.353 e. The van der Waals surface area contributed by atoms with Crippen LogP contribution >= 0.6 is 15.9 Å². The summed E-state index contributed by atoms with van der Waals surface area (Å²) in [7, 11) is 2.06. The second-order valence-corrected chi connectivity index (χ2v) is 6.42. The Bertz CT molecular complexity index is 427. The Morgan fingerprint density at radius 1 is 1.33 bits per heavy atom. The SMILES string of the molecule is Cc1nn(C)c(N2CC(C)CC(C)C2C)c1CBr. The summed E-state index contributed by atoms with van der Waals surface area (Å²) < 4.78 is 2.05. The highest BCUT2D eigenvalue weighted by Crippen LogP contribution is 2.34. The first-order valence-electron chi connectivity index (χ1n) is 6.80. The molecule has 18 heavy (non-hydrogen) atoms. The quantitative estimate of drug-likeness (QED) is 0.779. The highest BCUT2D eigenvalue weighted by atomic mass is 79.9. The van der Waals surface area contributed by atoms with Crippen LogP contribution < -0.4 is 4.90 Å². The second-order valence-electron chi connectivity index (χ2n) is 5.86. The third kappa shape index (κ3) is 2.31. The van der Waals surface area contributed by atoms with Crippen LogP contribution in [0.25, 0.3) is 0 Å². The summed E-state index contributed by atoms with van der Waals surface area (Å²) in [6, 6.07) is 0.591. The highest BCUT2D eigenvalue weighted by molar-refractivity contribution is 9.08. The van der Waals surface area contributed by atoms with Gasteiger partial charge in [0.15, 0.2) is 0 Å². The largest absolute Gasteiger partial charge is 0.353 e. The molecule has 3 nitrogen and oxygen atoms in total. The minimum atomic E-state index is 0.591. The molecular weight excluding hydrogens is 290 g/mol. The van der Waals surface area contributed by atoms with Crippen molar-refractivity contribution in [3.8, 4) is 0 Å². The molecule has 0 amide bonds. The fraction of sp³-hybridized carbons (Fsp3) is 0.786. The molecular formula is C14H24BrN3. The molecule has 0 saturated carbocycles. The van der Waals surface area contributed by atoms with Crippen LogP contribution in [0, 0.1) is 18.8 Å². The summed E-state index contributed by atoms with van der Waals surface area (Å²) in [6.45, 7) is 10.3. The first-order valence-corrected chi connectivity index (χ1v) is 7.92. The van der Waals surface area contributed by atoms with Gasteiger partial charge in [-0.2, -0.15) is 5.10 Å². The molecule has 1 aromatic heterocycles. The number of halogens is 1. The van der Waals surface area contributed by atoms with Gasteiger partial charge in [0.25, 0.3) is 0 Å². The van der Waals surface area contributed by atoms with Crippen molar-refractivity contribution in [3.63, 3.8) is 0 Å². The molecule has 0 aliphatic carbocycles. The Morgan fingerprint density at radius 3 is 2.61 bits per heavy atom. The van der Waals surface area contributed by atoms with Gasteiger partial charge in [-0.15, -0.1) is 0 Å². The average molecular weight is 314 g/mol. The van der Waals surface area contributed by atoms with E-state index in [-0.39, 0.29) is 0 Å². The number of anilines is 1. The summed E-state index contributed by atoms with van der Waals surface area (Å²) in [6.07, 6.45) is 1.33. The van der Waals surface area contributed by atoms with Crippen LogP contribution in [0.1, 0.15) is 38.4 Å². The number of aryl methyl sites for hydroxylation is 2. The monoisotopic (exact) mass is 313 g/mol. The Kier molecular flexibility index (Phi) is 4.05. The Balaban J connectivity index is 2.40. The van der Waals surface area contributed by atoms with Crippen molar-refractivity contribution < 1.29 is 0 Å². The van der Waals surface area contributed by atoms with Crippen LogP contribution in [0.5, 0.6) is 0 Å². The molecule has 1 aliphatic heterocycles. The molecule has 0 radical (unpaired) electrons. The van der Waals surface area contributed by atoms with E-state index in [1.165, 1.54) is 17.8 Å². The molecule has 102 valence electrons. The Morgan fingerprint density at radius 2 is 2.00 bits per heavy atom. The van der Waals surface area contributed by atoms with Crippen molar-refractivity contribution in [1.29, 1.82) is 0 Å². The predicted octanol–water partition coefficient (Wildman–Crippen LogP) is 3.49. The van der Waals surface area contributed by atoms with E-state index in [9.17, 15) is 0 Å². The van der Waals surface area contributed by atoms with Gasteiger partial charge in [-0.25, -0.2) is 0 Å². The zero-order valence-electron chi connectivity index (χ0n) is 12.1. The summed E-state index contributed by atoms with van der Waals surface area (Å²) in [5.41, 5.74) is 2.48. The number of piperidine rings is 1. The van der Waals surface area contributed by atoms with Crippen LogP contribution in [-0.4, -0.2) is 22.4 Å². The fourth-order valence-electron chi connectivity index (χ4n) is 3.20. The molecule has 3 unspecified atom stereocenters. The Hall–Kier alpha value is -0.510. The lowest BCUT2D eigenvalue weighted by molar-refractivity contribution is 0.293. The normalized spacial score (nSPS) is 28.8. The standard InChI is InChI=1S/C14H24BrN3/c1-9-6-10(2)12(4)18(8-9)14-13(7-15)11(3)16-17(14)5/h9-10,12H,6-8H2,1-5H3.